The first-order valence-corrected chi connectivity index (χ1v) is 5.71. The summed E-state index contributed by atoms with van der Waals surface area (Å²) in [6.07, 6.45) is 0.468. The lowest BCUT2D eigenvalue weighted by Crippen LogP contribution is -2.59. The van der Waals surface area contributed by atoms with Crippen LogP contribution in [-0.4, -0.2) is 60.1 Å². The van der Waals surface area contributed by atoms with Gasteiger partial charge in [0.2, 0.25) is 11.8 Å². The standard InChI is InChI=1S/C11H18N2O5/c1-8(14)13(2)7-9(15)12-11(10(16)17)3-5-18-6-4-11/h3-7H2,1-2H3,(H,12,15)(H,16,17). The van der Waals surface area contributed by atoms with E-state index in [4.69, 9.17) is 4.74 Å². The fourth-order valence-corrected chi connectivity index (χ4v) is 1.75. The number of ether oxygens (including phenoxy) is 1. The smallest absolute Gasteiger partial charge is 0.329 e. The number of nitrogens with one attached hydrogen (secondary N) is 1. The summed E-state index contributed by atoms with van der Waals surface area (Å²) in [6, 6.07) is 0. The van der Waals surface area contributed by atoms with Gasteiger partial charge in [-0.05, 0) is 0 Å². The van der Waals surface area contributed by atoms with Gasteiger partial charge in [0, 0.05) is 40.0 Å². The number of carboxylic acid groups (broad SMARTS) is 1. The average Bonchev–Trinajstić information content (AvgIpc) is 2.29. The lowest BCUT2D eigenvalue weighted by molar-refractivity contribution is -0.152. The summed E-state index contributed by atoms with van der Waals surface area (Å²) in [5.74, 6) is -1.79. The first-order chi connectivity index (χ1) is 8.37. The van der Waals surface area contributed by atoms with Crippen molar-refractivity contribution in [2.24, 2.45) is 0 Å². The lowest BCUT2D eigenvalue weighted by atomic mass is 9.90. The fraction of sp³-hybridized carbons (Fsp3) is 0.727. The van der Waals surface area contributed by atoms with Gasteiger partial charge in [-0.15, -0.1) is 0 Å². The van der Waals surface area contributed by atoms with Crippen LogP contribution >= 0.6 is 0 Å². The number of amides is 2. The average molecular weight is 258 g/mol. The molecule has 0 radical (unpaired) electrons. The van der Waals surface area contributed by atoms with E-state index >= 15 is 0 Å². The van der Waals surface area contributed by atoms with Crippen molar-refractivity contribution in [1.29, 1.82) is 0 Å². The second-order valence-corrected chi connectivity index (χ2v) is 4.42. The molecule has 1 fully saturated rings. The number of aliphatic carboxylic acids is 1. The monoisotopic (exact) mass is 258 g/mol. The molecule has 2 N–H and O–H groups in total. The SMILES string of the molecule is CC(=O)N(C)CC(=O)NC1(C(=O)O)CCOCC1. The van der Waals surface area contributed by atoms with Crippen LogP contribution in [0.3, 0.4) is 0 Å². The predicted molar refractivity (Wildman–Crippen MR) is 61.9 cm³/mol. The van der Waals surface area contributed by atoms with Crippen molar-refractivity contribution < 1.29 is 24.2 Å². The third kappa shape index (κ3) is 3.43. The molecule has 1 aliphatic heterocycles. The van der Waals surface area contributed by atoms with Crippen molar-refractivity contribution in [3.05, 3.63) is 0 Å². The summed E-state index contributed by atoms with van der Waals surface area (Å²) in [7, 11) is 1.49. The highest BCUT2D eigenvalue weighted by molar-refractivity contribution is 5.89. The summed E-state index contributed by atoms with van der Waals surface area (Å²) in [6.45, 7) is 1.80. The van der Waals surface area contributed by atoms with Crippen LogP contribution in [0.25, 0.3) is 0 Å². The van der Waals surface area contributed by atoms with Gasteiger partial charge in [-0.25, -0.2) is 4.79 Å². The molecular weight excluding hydrogens is 240 g/mol. The molecule has 0 bridgehead atoms. The Labute approximate surface area is 105 Å². The fourth-order valence-electron chi connectivity index (χ4n) is 1.75. The number of likely N-dealkylation sites (N-methyl/N-ethyl adjacent to an activating group) is 1. The van der Waals surface area contributed by atoms with Gasteiger partial charge in [0.1, 0.15) is 5.54 Å². The Kier molecular flexibility index (Phi) is 4.66. The third-order valence-corrected chi connectivity index (χ3v) is 3.05. The summed E-state index contributed by atoms with van der Waals surface area (Å²) in [4.78, 5) is 35.2. The zero-order valence-electron chi connectivity index (χ0n) is 10.6. The lowest BCUT2D eigenvalue weighted by Gasteiger charge is -2.34. The topological polar surface area (TPSA) is 95.9 Å². The number of carbonyl (C=O) groups is 3. The Bertz CT molecular complexity index is 349. The van der Waals surface area contributed by atoms with Gasteiger partial charge < -0.3 is 20.1 Å². The Morgan fingerprint density at radius 1 is 1.33 bits per heavy atom. The van der Waals surface area contributed by atoms with Gasteiger partial charge in [0.15, 0.2) is 0 Å². The molecule has 0 aromatic rings. The maximum absolute atomic E-state index is 11.7. The molecule has 0 aromatic carbocycles. The Hall–Kier alpha value is -1.63. The molecule has 18 heavy (non-hydrogen) atoms. The van der Waals surface area contributed by atoms with Gasteiger partial charge in [-0.3, -0.25) is 9.59 Å². The minimum absolute atomic E-state index is 0.148. The molecule has 0 aromatic heterocycles. The molecule has 0 spiro atoms. The number of rotatable bonds is 4. The van der Waals surface area contributed by atoms with E-state index in [1.54, 1.807) is 0 Å². The van der Waals surface area contributed by atoms with E-state index in [9.17, 15) is 19.5 Å². The van der Waals surface area contributed by atoms with Crippen LogP contribution in [0.4, 0.5) is 0 Å². The van der Waals surface area contributed by atoms with Gasteiger partial charge >= 0.3 is 5.97 Å². The molecule has 0 saturated carbocycles. The molecule has 2 amide bonds. The molecule has 1 heterocycles. The Morgan fingerprint density at radius 3 is 2.33 bits per heavy atom. The highest BCUT2D eigenvalue weighted by Gasteiger charge is 2.41. The van der Waals surface area contributed by atoms with Gasteiger partial charge in [0.25, 0.3) is 0 Å². The van der Waals surface area contributed by atoms with E-state index in [2.05, 4.69) is 5.32 Å². The van der Waals surface area contributed by atoms with Crippen LogP contribution in [-0.2, 0) is 19.1 Å². The van der Waals surface area contributed by atoms with E-state index in [0.29, 0.717) is 13.2 Å². The number of carbonyl (C=O) groups excluding carboxylic acids is 2. The first kappa shape index (κ1) is 14.4. The van der Waals surface area contributed by atoms with Crippen molar-refractivity contribution in [3.63, 3.8) is 0 Å². The second kappa shape index (κ2) is 5.81. The van der Waals surface area contributed by atoms with Crippen LogP contribution in [0, 0.1) is 0 Å². The van der Waals surface area contributed by atoms with Gasteiger partial charge in [-0.1, -0.05) is 0 Å². The van der Waals surface area contributed by atoms with Crippen LogP contribution in [0.5, 0.6) is 0 Å². The molecule has 0 unspecified atom stereocenters. The summed E-state index contributed by atoms with van der Waals surface area (Å²) in [5.41, 5.74) is -1.27. The molecule has 0 atom stereocenters. The first-order valence-electron chi connectivity index (χ1n) is 5.71. The van der Waals surface area contributed by atoms with Crippen LogP contribution < -0.4 is 5.32 Å². The van der Waals surface area contributed by atoms with Crippen molar-refractivity contribution in [2.45, 2.75) is 25.3 Å². The number of hydrogen-bond donors (Lipinski definition) is 2. The van der Waals surface area contributed by atoms with Gasteiger partial charge in [-0.2, -0.15) is 0 Å². The largest absolute Gasteiger partial charge is 0.480 e. The number of carboxylic acids is 1. The van der Waals surface area contributed by atoms with E-state index < -0.39 is 17.4 Å². The Balaban J connectivity index is 2.64. The molecule has 0 aliphatic carbocycles. The zero-order valence-corrected chi connectivity index (χ0v) is 10.6. The molecule has 7 heteroatoms. The maximum atomic E-state index is 11.7. The van der Waals surface area contributed by atoms with E-state index in [1.807, 2.05) is 0 Å². The zero-order chi connectivity index (χ0) is 13.8. The summed E-state index contributed by atoms with van der Waals surface area (Å²) >= 11 is 0. The number of nitrogens with zero attached hydrogens (tertiary/aromatic N) is 1. The normalized spacial score (nSPS) is 17.9. The highest BCUT2D eigenvalue weighted by atomic mass is 16.5. The summed E-state index contributed by atoms with van der Waals surface area (Å²) < 4.78 is 5.10. The quantitative estimate of drug-likeness (QED) is 0.689. The molecule has 1 aliphatic rings. The van der Waals surface area contributed by atoms with Crippen molar-refractivity contribution in [1.82, 2.24) is 10.2 Å². The molecule has 1 saturated heterocycles. The van der Waals surface area contributed by atoms with E-state index in [0.717, 1.165) is 0 Å². The van der Waals surface area contributed by atoms with Crippen LogP contribution in [0.2, 0.25) is 0 Å². The summed E-state index contributed by atoms with van der Waals surface area (Å²) in [5, 5.41) is 11.7. The minimum atomic E-state index is -1.27. The van der Waals surface area contributed by atoms with Crippen LogP contribution in [0.15, 0.2) is 0 Å². The predicted octanol–water partition coefficient (Wildman–Crippen LogP) is -0.785. The van der Waals surface area contributed by atoms with Crippen molar-refractivity contribution in [2.75, 3.05) is 26.8 Å². The third-order valence-electron chi connectivity index (χ3n) is 3.05. The van der Waals surface area contributed by atoms with E-state index in [1.165, 1.54) is 18.9 Å². The Morgan fingerprint density at radius 2 is 1.89 bits per heavy atom. The van der Waals surface area contributed by atoms with Gasteiger partial charge in [0.05, 0.1) is 6.54 Å². The van der Waals surface area contributed by atoms with E-state index in [-0.39, 0.29) is 25.3 Å². The minimum Gasteiger partial charge on any atom is -0.480 e. The maximum Gasteiger partial charge on any atom is 0.329 e. The van der Waals surface area contributed by atoms with Crippen molar-refractivity contribution >= 4 is 17.8 Å². The number of hydrogen-bond acceptors (Lipinski definition) is 4. The molecular formula is C11H18N2O5. The molecule has 102 valence electrons. The highest BCUT2D eigenvalue weighted by Crippen LogP contribution is 2.20. The molecule has 1 rings (SSSR count). The second-order valence-electron chi connectivity index (χ2n) is 4.42. The van der Waals surface area contributed by atoms with Crippen molar-refractivity contribution in [3.8, 4) is 0 Å². The molecule has 7 nitrogen and oxygen atoms in total. The van der Waals surface area contributed by atoms with Crippen LogP contribution in [0.1, 0.15) is 19.8 Å².